The van der Waals surface area contributed by atoms with Crippen molar-refractivity contribution in [2.75, 3.05) is 19.8 Å². The van der Waals surface area contributed by atoms with Gasteiger partial charge < -0.3 is 9.64 Å². The zero-order valence-corrected chi connectivity index (χ0v) is 15.0. The van der Waals surface area contributed by atoms with Crippen LogP contribution in [0.5, 0.6) is 0 Å². The lowest BCUT2D eigenvalue weighted by Crippen LogP contribution is -2.37. The first-order chi connectivity index (χ1) is 11.7. The molecule has 6 heteroatoms. The molecule has 24 heavy (non-hydrogen) atoms. The van der Waals surface area contributed by atoms with E-state index >= 15 is 0 Å². The molecular weight excluding hydrogens is 370 g/mol. The zero-order chi connectivity index (χ0) is 16.5. The summed E-state index contributed by atoms with van der Waals surface area (Å²) in [5.74, 6) is 0.517. The highest BCUT2D eigenvalue weighted by Gasteiger charge is 2.35. The number of aromatic nitrogens is 2. The Labute approximate surface area is 149 Å². The second kappa shape index (κ2) is 6.69. The van der Waals surface area contributed by atoms with Gasteiger partial charge in [-0.05, 0) is 37.5 Å². The first-order valence-electron chi connectivity index (χ1n) is 8.41. The van der Waals surface area contributed by atoms with Crippen LogP contribution >= 0.6 is 15.9 Å². The Morgan fingerprint density at radius 1 is 1.29 bits per heavy atom. The fourth-order valence-electron chi connectivity index (χ4n) is 3.14. The molecule has 2 aromatic rings. The van der Waals surface area contributed by atoms with E-state index in [0.717, 1.165) is 54.8 Å². The topological polar surface area (TPSA) is 58.2 Å². The SMILES string of the molecule is O=C(c1cc(-c2ccc(Br)cc2)n[nH]1)N(C[C@H]1CCOC1)C1CC1. The number of hydrogen-bond acceptors (Lipinski definition) is 3. The van der Waals surface area contributed by atoms with Crippen molar-refractivity contribution in [2.45, 2.75) is 25.3 Å². The van der Waals surface area contributed by atoms with Crippen LogP contribution < -0.4 is 0 Å². The van der Waals surface area contributed by atoms with Gasteiger partial charge in [-0.3, -0.25) is 9.89 Å². The van der Waals surface area contributed by atoms with Crippen molar-refractivity contribution in [3.63, 3.8) is 0 Å². The lowest BCUT2D eigenvalue weighted by atomic mass is 10.1. The molecule has 2 fully saturated rings. The summed E-state index contributed by atoms with van der Waals surface area (Å²) in [5, 5.41) is 7.24. The van der Waals surface area contributed by atoms with Crippen molar-refractivity contribution in [3.8, 4) is 11.3 Å². The van der Waals surface area contributed by atoms with E-state index in [2.05, 4.69) is 26.1 Å². The number of ether oxygens (including phenoxy) is 1. The molecule has 0 bridgehead atoms. The minimum Gasteiger partial charge on any atom is -0.381 e. The molecule has 1 aliphatic carbocycles. The van der Waals surface area contributed by atoms with Crippen LogP contribution in [0.2, 0.25) is 0 Å². The summed E-state index contributed by atoms with van der Waals surface area (Å²) in [4.78, 5) is 14.9. The van der Waals surface area contributed by atoms with E-state index in [-0.39, 0.29) is 5.91 Å². The summed E-state index contributed by atoms with van der Waals surface area (Å²) in [6, 6.07) is 10.2. The van der Waals surface area contributed by atoms with Gasteiger partial charge in [0.15, 0.2) is 0 Å². The van der Waals surface area contributed by atoms with Crippen molar-refractivity contribution in [2.24, 2.45) is 5.92 Å². The third-order valence-corrected chi connectivity index (χ3v) is 5.20. The number of hydrogen-bond donors (Lipinski definition) is 1. The van der Waals surface area contributed by atoms with Crippen molar-refractivity contribution < 1.29 is 9.53 Å². The van der Waals surface area contributed by atoms with E-state index in [0.29, 0.717) is 17.7 Å². The maximum Gasteiger partial charge on any atom is 0.272 e. The van der Waals surface area contributed by atoms with Crippen molar-refractivity contribution >= 4 is 21.8 Å². The summed E-state index contributed by atoms with van der Waals surface area (Å²) < 4.78 is 6.48. The van der Waals surface area contributed by atoms with Crippen LogP contribution in [-0.2, 0) is 4.74 Å². The number of H-pyrrole nitrogens is 1. The van der Waals surface area contributed by atoms with Crippen LogP contribution in [0.3, 0.4) is 0 Å². The molecule has 4 rings (SSSR count). The molecule has 5 nitrogen and oxygen atoms in total. The number of rotatable bonds is 5. The van der Waals surface area contributed by atoms with Crippen LogP contribution in [0.4, 0.5) is 0 Å². The molecule has 2 heterocycles. The fraction of sp³-hybridized carbons (Fsp3) is 0.444. The average molecular weight is 390 g/mol. The lowest BCUT2D eigenvalue weighted by molar-refractivity contribution is 0.0700. The normalized spacial score (nSPS) is 20.3. The number of carbonyl (C=O) groups excluding carboxylic acids is 1. The number of nitrogens with zero attached hydrogens (tertiary/aromatic N) is 2. The molecule has 126 valence electrons. The molecule has 1 saturated heterocycles. The first kappa shape index (κ1) is 15.8. The van der Waals surface area contributed by atoms with Gasteiger partial charge in [-0.2, -0.15) is 5.10 Å². The predicted molar refractivity (Wildman–Crippen MR) is 94.7 cm³/mol. The van der Waals surface area contributed by atoms with Gasteiger partial charge in [-0.1, -0.05) is 28.1 Å². The van der Waals surface area contributed by atoms with E-state index < -0.39 is 0 Å². The molecule has 0 unspecified atom stereocenters. The van der Waals surface area contributed by atoms with E-state index in [1.54, 1.807) is 0 Å². The molecule has 1 aliphatic heterocycles. The number of amides is 1. The highest BCUT2D eigenvalue weighted by atomic mass is 79.9. The number of benzene rings is 1. The summed E-state index contributed by atoms with van der Waals surface area (Å²) in [6.45, 7) is 2.37. The van der Waals surface area contributed by atoms with E-state index in [1.165, 1.54) is 0 Å². The third-order valence-electron chi connectivity index (χ3n) is 4.68. The highest BCUT2D eigenvalue weighted by molar-refractivity contribution is 9.10. The Morgan fingerprint density at radius 2 is 2.08 bits per heavy atom. The predicted octanol–water partition coefficient (Wildman–Crippen LogP) is 3.48. The maximum absolute atomic E-state index is 12.9. The zero-order valence-electron chi connectivity index (χ0n) is 13.4. The third kappa shape index (κ3) is 3.39. The first-order valence-corrected chi connectivity index (χ1v) is 9.20. The Hall–Kier alpha value is -1.66. The van der Waals surface area contributed by atoms with Crippen LogP contribution in [0.15, 0.2) is 34.8 Å². The Balaban J connectivity index is 1.51. The van der Waals surface area contributed by atoms with Crippen LogP contribution in [-0.4, -0.2) is 46.8 Å². The molecular formula is C18H20BrN3O2. The van der Waals surface area contributed by atoms with E-state index in [4.69, 9.17) is 4.74 Å². The molecule has 1 N–H and O–H groups in total. The van der Waals surface area contributed by atoms with Crippen LogP contribution in [0, 0.1) is 5.92 Å². The standard InChI is InChI=1S/C18H20BrN3O2/c19-14-3-1-13(2-4-14)16-9-17(21-20-16)18(23)22(15-5-6-15)10-12-7-8-24-11-12/h1-4,9,12,15H,5-8,10-11H2,(H,20,21)/t12-/m1/s1. The maximum atomic E-state index is 12.9. The minimum atomic E-state index is 0.0558. The van der Waals surface area contributed by atoms with Crippen molar-refractivity contribution in [1.82, 2.24) is 15.1 Å². The summed E-state index contributed by atoms with van der Waals surface area (Å²) in [5.41, 5.74) is 2.36. The highest BCUT2D eigenvalue weighted by Crippen LogP contribution is 2.30. The van der Waals surface area contributed by atoms with Gasteiger partial charge in [0.05, 0.1) is 12.3 Å². The smallest absolute Gasteiger partial charge is 0.272 e. The molecule has 1 aromatic heterocycles. The summed E-state index contributed by atoms with van der Waals surface area (Å²) in [7, 11) is 0. The monoisotopic (exact) mass is 389 g/mol. The van der Waals surface area contributed by atoms with Gasteiger partial charge in [-0.15, -0.1) is 0 Å². The number of carbonyl (C=O) groups is 1. The van der Waals surface area contributed by atoms with E-state index in [9.17, 15) is 4.79 Å². The molecule has 2 aliphatic rings. The van der Waals surface area contributed by atoms with Gasteiger partial charge in [0.1, 0.15) is 5.69 Å². The minimum absolute atomic E-state index is 0.0558. The Bertz CT molecular complexity index is 718. The fourth-order valence-corrected chi connectivity index (χ4v) is 3.41. The number of halogens is 1. The summed E-state index contributed by atoms with van der Waals surface area (Å²) >= 11 is 3.43. The van der Waals surface area contributed by atoms with Gasteiger partial charge >= 0.3 is 0 Å². The molecule has 0 radical (unpaired) electrons. The summed E-state index contributed by atoms with van der Waals surface area (Å²) in [6.07, 6.45) is 3.25. The Morgan fingerprint density at radius 3 is 2.75 bits per heavy atom. The van der Waals surface area contributed by atoms with Crippen molar-refractivity contribution in [3.05, 3.63) is 40.5 Å². The van der Waals surface area contributed by atoms with Gasteiger partial charge in [-0.25, -0.2) is 0 Å². The largest absolute Gasteiger partial charge is 0.381 e. The van der Waals surface area contributed by atoms with Gasteiger partial charge in [0.2, 0.25) is 0 Å². The Kier molecular flexibility index (Phi) is 4.41. The van der Waals surface area contributed by atoms with E-state index in [1.807, 2.05) is 35.2 Å². The van der Waals surface area contributed by atoms with Crippen LogP contribution in [0.1, 0.15) is 29.8 Å². The second-order valence-electron chi connectivity index (χ2n) is 6.59. The quantitative estimate of drug-likeness (QED) is 0.851. The molecule has 0 spiro atoms. The number of nitrogens with one attached hydrogen (secondary N) is 1. The molecule has 1 atom stereocenters. The van der Waals surface area contributed by atoms with Gasteiger partial charge in [0.25, 0.3) is 5.91 Å². The van der Waals surface area contributed by atoms with Gasteiger partial charge in [0, 0.05) is 35.1 Å². The van der Waals surface area contributed by atoms with Crippen LogP contribution in [0.25, 0.3) is 11.3 Å². The second-order valence-corrected chi connectivity index (χ2v) is 7.51. The molecule has 1 saturated carbocycles. The van der Waals surface area contributed by atoms with Crippen molar-refractivity contribution in [1.29, 1.82) is 0 Å². The lowest BCUT2D eigenvalue weighted by Gasteiger charge is -2.24. The molecule has 1 amide bonds. The average Bonchev–Trinajstić information content (AvgIpc) is 3.10. The molecule has 1 aromatic carbocycles. The number of aromatic amines is 1.